The van der Waals surface area contributed by atoms with E-state index in [-0.39, 0.29) is 5.91 Å². The summed E-state index contributed by atoms with van der Waals surface area (Å²) in [5.41, 5.74) is 5.24. The van der Waals surface area contributed by atoms with Crippen molar-refractivity contribution >= 4 is 5.91 Å². The fourth-order valence-corrected chi connectivity index (χ4v) is 1.19. The van der Waals surface area contributed by atoms with Crippen molar-refractivity contribution in [3.8, 4) is 6.07 Å². The van der Waals surface area contributed by atoms with Gasteiger partial charge in [0.2, 0.25) is 0 Å². The van der Waals surface area contributed by atoms with Crippen LogP contribution in [0.1, 0.15) is 12.8 Å². The zero-order valence-corrected chi connectivity index (χ0v) is 6.29. The van der Waals surface area contributed by atoms with Crippen LogP contribution in [0.2, 0.25) is 0 Å². The molecule has 1 saturated heterocycles. The summed E-state index contributed by atoms with van der Waals surface area (Å²) in [6, 6.07) is 0.763. The zero-order valence-electron chi connectivity index (χ0n) is 6.29. The van der Waals surface area contributed by atoms with Crippen molar-refractivity contribution in [2.24, 2.45) is 5.73 Å². The van der Waals surface area contributed by atoms with E-state index < -0.39 is 6.04 Å². The molecular weight excluding hydrogens is 142 g/mol. The van der Waals surface area contributed by atoms with Crippen molar-refractivity contribution in [3.63, 3.8) is 0 Å². The minimum Gasteiger partial charge on any atom is -0.340 e. The highest BCUT2D eigenvalue weighted by Gasteiger charge is 2.22. The highest BCUT2D eigenvalue weighted by atomic mass is 16.2. The highest BCUT2D eigenvalue weighted by Crippen LogP contribution is 2.07. The Labute approximate surface area is 65.6 Å². The molecule has 0 radical (unpaired) electrons. The van der Waals surface area contributed by atoms with Gasteiger partial charge in [0.15, 0.2) is 6.04 Å². The second-order valence-corrected chi connectivity index (χ2v) is 2.64. The molecule has 0 bridgehead atoms. The largest absolute Gasteiger partial charge is 0.340 e. The fourth-order valence-electron chi connectivity index (χ4n) is 1.19. The lowest BCUT2D eigenvalue weighted by atomic mass is 10.3. The van der Waals surface area contributed by atoms with E-state index in [1.54, 1.807) is 11.0 Å². The van der Waals surface area contributed by atoms with Gasteiger partial charge in [0, 0.05) is 13.1 Å². The maximum Gasteiger partial charge on any atom is 0.254 e. The van der Waals surface area contributed by atoms with Gasteiger partial charge in [-0.25, -0.2) is 0 Å². The molecule has 1 rings (SSSR count). The van der Waals surface area contributed by atoms with Crippen LogP contribution in [-0.4, -0.2) is 29.9 Å². The van der Waals surface area contributed by atoms with Crippen LogP contribution >= 0.6 is 0 Å². The van der Waals surface area contributed by atoms with Crippen molar-refractivity contribution in [1.29, 1.82) is 5.26 Å². The summed E-state index contributed by atoms with van der Waals surface area (Å²) in [5.74, 6) is -0.231. The van der Waals surface area contributed by atoms with Gasteiger partial charge in [0.1, 0.15) is 0 Å². The van der Waals surface area contributed by atoms with E-state index >= 15 is 0 Å². The average Bonchev–Trinajstić information content (AvgIpc) is 2.53. The number of nitrogens with two attached hydrogens (primary N) is 1. The van der Waals surface area contributed by atoms with Gasteiger partial charge in [0.25, 0.3) is 5.91 Å². The van der Waals surface area contributed by atoms with E-state index in [1.165, 1.54) is 0 Å². The molecule has 2 N–H and O–H groups in total. The molecule has 1 unspecified atom stereocenters. The molecular formula is C7H11N3O. The zero-order chi connectivity index (χ0) is 8.27. The molecule has 60 valence electrons. The fraction of sp³-hybridized carbons (Fsp3) is 0.714. The number of nitrogens with zero attached hydrogens (tertiary/aromatic N) is 2. The molecule has 1 heterocycles. The first-order valence-corrected chi connectivity index (χ1v) is 3.69. The Balaban J connectivity index is 2.47. The third-order valence-corrected chi connectivity index (χ3v) is 1.82. The van der Waals surface area contributed by atoms with Crippen molar-refractivity contribution in [3.05, 3.63) is 0 Å². The number of hydrogen-bond donors (Lipinski definition) is 1. The Hall–Kier alpha value is -1.08. The van der Waals surface area contributed by atoms with Crippen molar-refractivity contribution < 1.29 is 4.79 Å². The summed E-state index contributed by atoms with van der Waals surface area (Å²) in [6.45, 7) is 1.52. The molecule has 0 aromatic heterocycles. The molecule has 11 heavy (non-hydrogen) atoms. The van der Waals surface area contributed by atoms with E-state index in [2.05, 4.69) is 0 Å². The molecule has 0 spiro atoms. The third kappa shape index (κ3) is 1.69. The van der Waals surface area contributed by atoms with Crippen LogP contribution in [0.3, 0.4) is 0 Å². The normalized spacial score (nSPS) is 19.5. The van der Waals surface area contributed by atoms with Crippen LogP contribution in [0.4, 0.5) is 0 Å². The molecule has 0 aliphatic carbocycles. The average molecular weight is 153 g/mol. The van der Waals surface area contributed by atoms with Gasteiger partial charge in [-0.3, -0.25) is 4.79 Å². The lowest BCUT2D eigenvalue weighted by Gasteiger charge is -2.15. The first kappa shape index (κ1) is 8.02. The smallest absolute Gasteiger partial charge is 0.254 e. The Kier molecular flexibility index (Phi) is 2.44. The molecule has 1 atom stereocenters. The Morgan fingerprint density at radius 1 is 1.55 bits per heavy atom. The van der Waals surface area contributed by atoms with Gasteiger partial charge in [-0.2, -0.15) is 5.26 Å². The molecule has 4 nitrogen and oxygen atoms in total. The van der Waals surface area contributed by atoms with Gasteiger partial charge >= 0.3 is 0 Å². The van der Waals surface area contributed by atoms with Crippen LogP contribution in [-0.2, 0) is 4.79 Å². The van der Waals surface area contributed by atoms with E-state index in [0.717, 1.165) is 25.9 Å². The molecule has 1 aliphatic heterocycles. The summed E-state index contributed by atoms with van der Waals surface area (Å²) in [5, 5.41) is 8.34. The van der Waals surface area contributed by atoms with Crippen molar-refractivity contribution in [2.75, 3.05) is 13.1 Å². The van der Waals surface area contributed by atoms with E-state index in [4.69, 9.17) is 11.0 Å². The summed E-state index contributed by atoms with van der Waals surface area (Å²) < 4.78 is 0. The summed E-state index contributed by atoms with van der Waals surface area (Å²) in [6.07, 6.45) is 2.06. The number of hydrogen-bond acceptors (Lipinski definition) is 3. The highest BCUT2D eigenvalue weighted by molar-refractivity contribution is 5.84. The summed E-state index contributed by atoms with van der Waals surface area (Å²) >= 11 is 0. The number of carbonyl (C=O) groups is 1. The molecule has 0 aromatic carbocycles. The van der Waals surface area contributed by atoms with Gasteiger partial charge in [-0.1, -0.05) is 0 Å². The minimum absolute atomic E-state index is 0.231. The van der Waals surface area contributed by atoms with Gasteiger partial charge < -0.3 is 10.6 Å². The maximum absolute atomic E-state index is 11.2. The Morgan fingerprint density at radius 3 is 2.55 bits per heavy atom. The summed E-state index contributed by atoms with van der Waals surface area (Å²) in [7, 11) is 0. The Morgan fingerprint density at radius 2 is 2.09 bits per heavy atom. The second kappa shape index (κ2) is 3.35. The van der Waals surface area contributed by atoms with Gasteiger partial charge in [-0.15, -0.1) is 0 Å². The molecule has 4 heteroatoms. The number of amides is 1. The van der Waals surface area contributed by atoms with Gasteiger partial charge in [-0.05, 0) is 12.8 Å². The van der Waals surface area contributed by atoms with E-state index in [9.17, 15) is 4.79 Å². The molecule has 1 fully saturated rings. The minimum atomic E-state index is -0.965. The molecule has 1 amide bonds. The second-order valence-electron chi connectivity index (χ2n) is 2.64. The van der Waals surface area contributed by atoms with E-state index in [1.807, 2.05) is 0 Å². The molecule has 1 aliphatic rings. The number of rotatable bonds is 1. The van der Waals surface area contributed by atoms with Crippen molar-refractivity contribution in [1.82, 2.24) is 4.90 Å². The maximum atomic E-state index is 11.2. The predicted molar refractivity (Wildman–Crippen MR) is 39.4 cm³/mol. The van der Waals surface area contributed by atoms with Crippen LogP contribution in [0.25, 0.3) is 0 Å². The first-order valence-electron chi connectivity index (χ1n) is 3.69. The topological polar surface area (TPSA) is 70.1 Å². The first-order chi connectivity index (χ1) is 5.25. The molecule has 0 aromatic rings. The lowest BCUT2D eigenvalue weighted by Crippen LogP contribution is -2.41. The van der Waals surface area contributed by atoms with Crippen molar-refractivity contribution in [2.45, 2.75) is 18.9 Å². The molecule has 0 saturated carbocycles. The van der Waals surface area contributed by atoms with Crippen LogP contribution in [0.5, 0.6) is 0 Å². The quantitative estimate of drug-likeness (QED) is 0.550. The third-order valence-electron chi connectivity index (χ3n) is 1.82. The van der Waals surface area contributed by atoms with Crippen LogP contribution in [0, 0.1) is 11.3 Å². The van der Waals surface area contributed by atoms with Gasteiger partial charge in [0.05, 0.1) is 6.07 Å². The lowest BCUT2D eigenvalue weighted by molar-refractivity contribution is -0.130. The monoisotopic (exact) mass is 153 g/mol. The number of nitriles is 1. The summed E-state index contributed by atoms with van der Waals surface area (Å²) in [4.78, 5) is 12.8. The Bertz CT molecular complexity index is 190. The number of carbonyl (C=O) groups excluding carboxylic acids is 1. The SMILES string of the molecule is N#CC(N)C(=O)N1CCCC1. The van der Waals surface area contributed by atoms with E-state index in [0.29, 0.717) is 0 Å². The predicted octanol–water partition coefficient (Wildman–Crippen LogP) is -0.540. The standard InChI is InChI=1S/C7H11N3O/c8-5-6(9)7(11)10-3-1-2-4-10/h6H,1-4,9H2. The van der Waals surface area contributed by atoms with Crippen LogP contribution in [0.15, 0.2) is 0 Å². The van der Waals surface area contributed by atoms with Crippen LogP contribution < -0.4 is 5.73 Å². The number of likely N-dealkylation sites (tertiary alicyclic amines) is 1.